The van der Waals surface area contributed by atoms with Gasteiger partial charge in [-0.05, 0) is 19.3 Å². The standard InChI is InChI=1S/C12H17N5O3S/c1-2-5-17-8-10(6-13-17)21(18,19)14-7-11-15-12(20-16-11)9-3-4-9/h6,8-9,14H,2-5,7H2,1H3. The summed E-state index contributed by atoms with van der Waals surface area (Å²) in [4.78, 5) is 4.32. The van der Waals surface area contributed by atoms with E-state index in [-0.39, 0.29) is 11.4 Å². The van der Waals surface area contributed by atoms with E-state index in [2.05, 4.69) is 20.0 Å². The summed E-state index contributed by atoms with van der Waals surface area (Å²) >= 11 is 0. The Kier molecular flexibility index (Phi) is 3.77. The Hall–Kier alpha value is -1.74. The molecule has 3 rings (SSSR count). The summed E-state index contributed by atoms with van der Waals surface area (Å²) in [6.45, 7) is 2.70. The lowest BCUT2D eigenvalue weighted by Crippen LogP contribution is -2.23. The van der Waals surface area contributed by atoms with E-state index in [1.165, 1.54) is 12.4 Å². The largest absolute Gasteiger partial charge is 0.339 e. The fourth-order valence-corrected chi connectivity index (χ4v) is 2.85. The normalized spacial score (nSPS) is 15.5. The van der Waals surface area contributed by atoms with Crippen LogP contribution in [0.2, 0.25) is 0 Å². The molecule has 0 saturated heterocycles. The average molecular weight is 311 g/mol. The van der Waals surface area contributed by atoms with Gasteiger partial charge in [-0.1, -0.05) is 12.1 Å². The zero-order chi connectivity index (χ0) is 14.9. The molecule has 0 spiro atoms. The number of nitrogens with one attached hydrogen (secondary N) is 1. The summed E-state index contributed by atoms with van der Waals surface area (Å²) in [7, 11) is -3.61. The number of nitrogens with zero attached hydrogens (tertiary/aromatic N) is 4. The van der Waals surface area contributed by atoms with E-state index in [0.717, 1.165) is 19.3 Å². The number of aromatic nitrogens is 4. The second-order valence-corrected chi connectivity index (χ2v) is 6.85. The fraction of sp³-hybridized carbons (Fsp3) is 0.583. The number of hydrogen-bond acceptors (Lipinski definition) is 6. The lowest BCUT2D eigenvalue weighted by Gasteiger charge is -2.01. The number of rotatable bonds is 7. The van der Waals surface area contributed by atoms with Gasteiger partial charge in [-0.2, -0.15) is 10.1 Å². The molecule has 2 heterocycles. The molecular formula is C12H17N5O3S. The summed E-state index contributed by atoms with van der Waals surface area (Å²) in [5, 5.41) is 7.79. The molecule has 0 bridgehead atoms. The summed E-state index contributed by atoms with van der Waals surface area (Å²) < 4.78 is 33.4. The molecule has 0 radical (unpaired) electrons. The molecule has 1 aliphatic carbocycles. The van der Waals surface area contributed by atoms with Crippen molar-refractivity contribution in [3.63, 3.8) is 0 Å². The molecule has 1 aliphatic rings. The molecule has 8 nitrogen and oxygen atoms in total. The van der Waals surface area contributed by atoms with E-state index in [1.54, 1.807) is 4.68 Å². The molecule has 1 N–H and O–H groups in total. The summed E-state index contributed by atoms with van der Waals surface area (Å²) in [5.74, 6) is 1.30. The highest BCUT2D eigenvalue weighted by atomic mass is 32.2. The van der Waals surface area contributed by atoms with Gasteiger partial charge in [0.15, 0.2) is 5.82 Å². The van der Waals surface area contributed by atoms with Crippen LogP contribution in [0.3, 0.4) is 0 Å². The van der Waals surface area contributed by atoms with Crippen LogP contribution in [0.4, 0.5) is 0 Å². The molecule has 114 valence electrons. The molecule has 2 aromatic heterocycles. The molecule has 0 unspecified atom stereocenters. The molecule has 2 aromatic rings. The molecule has 0 aliphatic heterocycles. The van der Waals surface area contributed by atoms with Gasteiger partial charge in [-0.25, -0.2) is 13.1 Å². The smallest absolute Gasteiger partial charge is 0.244 e. The van der Waals surface area contributed by atoms with Gasteiger partial charge < -0.3 is 4.52 Å². The maximum Gasteiger partial charge on any atom is 0.244 e. The molecule has 21 heavy (non-hydrogen) atoms. The Bertz CT molecular complexity index is 717. The molecule has 9 heteroatoms. The summed E-state index contributed by atoms with van der Waals surface area (Å²) in [6.07, 6.45) is 5.86. The van der Waals surface area contributed by atoms with Crippen molar-refractivity contribution in [2.75, 3.05) is 0 Å². The van der Waals surface area contributed by atoms with E-state index in [9.17, 15) is 8.42 Å². The van der Waals surface area contributed by atoms with E-state index < -0.39 is 10.0 Å². The first-order chi connectivity index (χ1) is 10.1. The SMILES string of the molecule is CCCn1cc(S(=O)(=O)NCc2noc(C3CC3)n2)cn1. The highest BCUT2D eigenvalue weighted by Gasteiger charge is 2.29. The Morgan fingerprint density at radius 3 is 3.00 bits per heavy atom. The third kappa shape index (κ3) is 3.30. The van der Waals surface area contributed by atoms with Crippen molar-refractivity contribution in [2.45, 2.75) is 50.1 Å². The minimum Gasteiger partial charge on any atom is -0.339 e. The fourth-order valence-electron chi connectivity index (χ4n) is 1.91. The maximum absolute atomic E-state index is 12.1. The van der Waals surface area contributed by atoms with Crippen molar-refractivity contribution < 1.29 is 12.9 Å². The summed E-state index contributed by atoms with van der Waals surface area (Å²) in [5.41, 5.74) is 0. The lowest BCUT2D eigenvalue weighted by molar-refractivity contribution is 0.373. The maximum atomic E-state index is 12.1. The summed E-state index contributed by atoms with van der Waals surface area (Å²) in [6, 6.07) is 0. The highest BCUT2D eigenvalue weighted by molar-refractivity contribution is 7.89. The van der Waals surface area contributed by atoms with Crippen LogP contribution in [0.15, 0.2) is 21.8 Å². The van der Waals surface area contributed by atoms with Gasteiger partial charge in [-0.3, -0.25) is 4.68 Å². The number of hydrogen-bond donors (Lipinski definition) is 1. The van der Waals surface area contributed by atoms with Crippen molar-refractivity contribution in [3.8, 4) is 0 Å². The Morgan fingerprint density at radius 1 is 1.48 bits per heavy atom. The van der Waals surface area contributed by atoms with Gasteiger partial charge in [0.05, 0.1) is 12.7 Å². The quantitative estimate of drug-likeness (QED) is 0.819. The molecule has 1 fully saturated rings. The van der Waals surface area contributed by atoms with Crippen LogP contribution < -0.4 is 4.72 Å². The van der Waals surface area contributed by atoms with Crippen molar-refractivity contribution in [1.82, 2.24) is 24.6 Å². The van der Waals surface area contributed by atoms with Crippen molar-refractivity contribution in [1.29, 1.82) is 0 Å². The molecule has 0 atom stereocenters. The van der Waals surface area contributed by atoms with Crippen molar-refractivity contribution in [3.05, 3.63) is 24.1 Å². The first-order valence-corrected chi connectivity index (χ1v) is 8.41. The van der Waals surface area contributed by atoms with Gasteiger partial charge in [-0.15, -0.1) is 0 Å². The lowest BCUT2D eigenvalue weighted by atomic mass is 10.4. The topological polar surface area (TPSA) is 103 Å². The van der Waals surface area contributed by atoms with E-state index in [0.29, 0.717) is 24.2 Å². The second-order valence-electron chi connectivity index (χ2n) is 5.09. The Labute approximate surface area is 122 Å². The first-order valence-electron chi connectivity index (χ1n) is 6.93. The van der Waals surface area contributed by atoms with Crippen molar-refractivity contribution >= 4 is 10.0 Å². The van der Waals surface area contributed by atoms with Crippen LogP contribution in [0.5, 0.6) is 0 Å². The third-order valence-corrected chi connectivity index (χ3v) is 4.56. The molecule has 1 saturated carbocycles. The van der Waals surface area contributed by atoms with Crippen molar-refractivity contribution in [2.24, 2.45) is 0 Å². The van der Waals surface area contributed by atoms with Crippen LogP contribution in [-0.2, 0) is 23.1 Å². The minimum atomic E-state index is -3.61. The van der Waals surface area contributed by atoms with Gasteiger partial charge >= 0.3 is 0 Å². The Balaban J connectivity index is 1.64. The average Bonchev–Trinajstić information content (AvgIpc) is 3.01. The van der Waals surface area contributed by atoms with Gasteiger partial charge in [0.25, 0.3) is 0 Å². The van der Waals surface area contributed by atoms with Crippen LogP contribution >= 0.6 is 0 Å². The van der Waals surface area contributed by atoms with Crippen LogP contribution in [0, 0.1) is 0 Å². The predicted molar refractivity (Wildman–Crippen MR) is 72.8 cm³/mol. The van der Waals surface area contributed by atoms with Gasteiger partial charge in [0, 0.05) is 18.7 Å². The first kappa shape index (κ1) is 14.2. The van der Waals surface area contributed by atoms with Crippen LogP contribution in [0.25, 0.3) is 0 Å². The monoisotopic (exact) mass is 311 g/mol. The third-order valence-electron chi connectivity index (χ3n) is 3.20. The molecule has 0 amide bonds. The number of sulfonamides is 1. The number of aryl methyl sites for hydroxylation is 1. The molecular weight excluding hydrogens is 294 g/mol. The minimum absolute atomic E-state index is 0.0114. The van der Waals surface area contributed by atoms with Crippen LogP contribution in [-0.4, -0.2) is 28.3 Å². The van der Waals surface area contributed by atoms with E-state index in [4.69, 9.17) is 4.52 Å². The van der Waals surface area contributed by atoms with Crippen LogP contribution in [0.1, 0.15) is 43.8 Å². The Morgan fingerprint density at radius 2 is 2.29 bits per heavy atom. The van der Waals surface area contributed by atoms with E-state index >= 15 is 0 Å². The zero-order valence-corrected chi connectivity index (χ0v) is 12.5. The molecule has 0 aromatic carbocycles. The van der Waals surface area contributed by atoms with Gasteiger partial charge in [0.1, 0.15) is 4.90 Å². The van der Waals surface area contributed by atoms with Gasteiger partial charge in [0.2, 0.25) is 15.9 Å². The second kappa shape index (κ2) is 5.57. The zero-order valence-electron chi connectivity index (χ0n) is 11.7. The highest BCUT2D eigenvalue weighted by Crippen LogP contribution is 2.38. The predicted octanol–water partition coefficient (Wildman–Crippen LogP) is 1.03. The van der Waals surface area contributed by atoms with E-state index in [1.807, 2.05) is 6.92 Å².